The normalized spacial score (nSPS) is 10.3. The first-order chi connectivity index (χ1) is 10.3. The van der Waals surface area contributed by atoms with Crippen LogP contribution >= 0.6 is 0 Å². The summed E-state index contributed by atoms with van der Waals surface area (Å²) in [5.41, 5.74) is 3.78. The van der Waals surface area contributed by atoms with E-state index in [9.17, 15) is 4.79 Å². The summed E-state index contributed by atoms with van der Waals surface area (Å²) in [6.45, 7) is 0.475. The summed E-state index contributed by atoms with van der Waals surface area (Å²) >= 11 is 0. The summed E-state index contributed by atoms with van der Waals surface area (Å²) in [7, 11) is 0. The van der Waals surface area contributed by atoms with Gasteiger partial charge in [0.05, 0.1) is 11.8 Å². The van der Waals surface area contributed by atoms with Crippen LogP contribution in [0.15, 0.2) is 71.8 Å². The number of carbonyl (C=O) groups excluding carboxylic acids is 1. The van der Waals surface area contributed by atoms with Crippen LogP contribution < -0.4 is 5.32 Å². The molecule has 0 aliphatic rings. The van der Waals surface area contributed by atoms with Crippen molar-refractivity contribution in [2.24, 2.45) is 0 Å². The zero-order valence-electron chi connectivity index (χ0n) is 11.3. The van der Waals surface area contributed by atoms with Gasteiger partial charge in [0, 0.05) is 18.9 Å². The van der Waals surface area contributed by atoms with Crippen molar-refractivity contribution < 1.29 is 9.21 Å². The number of carbonyl (C=O) groups is 1. The molecule has 0 atom stereocenters. The van der Waals surface area contributed by atoms with Crippen molar-refractivity contribution in [3.05, 3.63) is 78.5 Å². The summed E-state index contributed by atoms with van der Waals surface area (Å²) in [5.74, 6) is -0.141. The van der Waals surface area contributed by atoms with Crippen LogP contribution in [0, 0.1) is 0 Å². The number of pyridine rings is 1. The minimum absolute atomic E-state index is 0.141. The minimum atomic E-state index is -0.141. The van der Waals surface area contributed by atoms with Crippen LogP contribution in [0.1, 0.15) is 15.9 Å². The van der Waals surface area contributed by atoms with Gasteiger partial charge < -0.3 is 9.73 Å². The SMILES string of the molecule is O=C(NCc1cccc(-c2ccncc2)c1)c1ccoc1. The molecule has 0 unspecified atom stereocenters. The molecular formula is C17H14N2O2. The number of nitrogens with one attached hydrogen (secondary N) is 1. The Morgan fingerprint density at radius 3 is 2.71 bits per heavy atom. The van der Waals surface area contributed by atoms with E-state index in [0.29, 0.717) is 12.1 Å². The second-order valence-corrected chi connectivity index (χ2v) is 4.63. The van der Waals surface area contributed by atoms with E-state index in [1.54, 1.807) is 18.5 Å². The maximum atomic E-state index is 11.9. The van der Waals surface area contributed by atoms with Crippen molar-refractivity contribution in [3.8, 4) is 11.1 Å². The first-order valence-corrected chi connectivity index (χ1v) is 6.63. The van der Waals surface area contributed by atoms with Gasteiger partial charge in [0.25, 0.3) is 5.91 Å². The zero-order chi connectivity index (χ0) is 14.5. The summed E-state index contributed by atoms with van der Waals surface area (Å²) < 4.78 is 4.90. The van der Waals surface area contributed by atoms with Gasteiger partial charge >= 0.3 is 0 Å². The fraction of sp³-hybridized carbons (Fsp3) is 0.0588. The largest absolute Gasteiger partial charge is 0.472 e. The van der Waals surface area contributed by atoms with E-state index in [4.69, 9.17) is 4.42 Å². The van der Waals surface area contributed by atoms with E-state index >= 15 is 0 Å². The third kappa shape index (κ3) is 3.17. The highest BCUT2D eigenvalue weighted by Gasteiger charge is 2.06. The quantitative estimate of drug-likeness (QED) is 0.797. The van der Waals surface area contributed by atoms with Crippen LogP contribution in [0.4, 0.5) is 0 Å². The van der Waals surface area contributed by atoms with Crippen molar-refractivity contribution >= 4 is 5.91 Å². The topological polar surface area (TPSA) is 55.1 Å². The molecule has 0 radical (unpaired) electrons. The van der Waals surface area contributed by atoms with E-state index in [2.05, 4.69) is 16.4 Å². The summed E-state index contributed by atoms with van der Waals surface area (Å²) in [4.78, 5) is 15.9. The Hall–Kier alpha value is -2.88. The van der Waals surface area contributed by atoms with E-state index in [1.807, 2.05) is 30.3 Å². The summed E-state index contributed by atoms with van der Waals surface area (Å²) in [6, 6.07) is 13.6. The van der Waals surface area contributed by atoms with E-state index in [-0.39, 0.29) is 5.91 Å². The molecule has 1 N–H and O–H groups in total. The van der Waals surface area contributed by atoms with Crippen molar-refractivity contribution in [3.63, 3.8) is 0 Å². The molecule has 1 amide bonds. The van der Waals surface area contributed by atoms with Crippen LogP contribution in [-0.2, 0) is 6.54 Å². The summed E-state index contributed by atoms with van der Waals surface area (Å²) in [5, 5.41) is 2.87. The fourth-order valence-corrected chi connectivity index (χ4v) is 2.08. The number of amides is 1. The van der Waals surface area contributed by atoms with E-state index in [0.717, 1.165) is 16.7 Å². The number of hydrogen-bond donors (Lipinski definition) is 1. The summed E-state index contributed by atoms with van der Waals surface area (Å²) in [6.07, 6.45) is 6.45. The molecular weight excluding hydrogens is 264 g/mol. The predicted molar refractivity (Wildman–Crippen MR) is 79.6 cm³/mol. The number of furan rings is 1. The molecule has 104 valence electrons. The minimum Gasteiger partial charge on any atom is -0.472 e. The van der Waals surface area contributed by atoms with Crippen LogP contribution in [0.3, 0.4) is 0 Å². The van der Waals surface area contributed by atoms with Gasteiger partial charge in [-0.1, -0.05) is 18.2 Å². The Kier molecular flexibility index (Phi) is 3.78. The third-order valence-corrected chi connectivity index (χ3v) is 3.18. The molecule has 0 aliphatic carbocycles. The first-order valence-electron chi connectivity index (χ1n) is 6.63. The van der Waals surface area contributed by atoms with Crippen molar-refractivity contribution in [1.29, 1.82) is 0 Å². The number of nitrogens with zero attached hydrogens (tertiary/aromatic N) is 1. The second kappa shape index (κ2) is 6.05. The lowest BCUT2D eigenvalue weighted by molar-refractivity contribution is 0.0950. The van der Waals surface area contributed by atoms with Crippen LogP contribution in [0.25, 0.3) is 11.1 Å². The predicted octanol–water partition coefficient (Wildman–Crippen LogP) is 3.27. The van der Waals surface area contributed by atoms with Gasteiger partial charge in [0.2, 0.25) is 0 Å². The second-order valence-electron chi connectivity index (χ2n) is 4.63. The monoisotopic (exact) mass is 278 g/mol. The number of rotatable bonds is 4. The Bertz CT molecular complexity index is 722. The zero-order valence-corrected chi connectivity index (χ0v) is 11.3. The molecule has 0 aliphatic heterocycles. The van der Waals surface area contributed by atoms with E-state index in [1.165, 1.54) is 12.5 Å². The first kappa shape index (κ1) is 13.1. The Labute approximate surface area is 122 Å². The average Bonchev–Trinajstić information content (AvgIpc) is 3.08. The lowest BCUT2D eigenvalue weighted by Gasteiger charge is -2.07. The van der Waals surface area contributed by atoms with Gasteiger partial charge in [-0.25, -0.2) is 0 Å². The number of aromatic nitrogens is 1. The standard InChI is InChI=1S/C17H14N2O2/c20-17(16-6-9-21-12-16)19-11-13-2-1-3-15(10-13)14-4-7-18-8-5-14/h1-10,12H,11H2,(H,19,20). The van der Waals surface area contributed by atoms with Crippen LogP contribution in [-0.4, -0.2) is 10.9 Å². The highest BCUT2D eigenvalue weighted by molar-refractivity contribution is 5.93. The van der Waals surface area contributed by atoms with Crippen LogP contribution in [0.5, 0.6) is 0 Å². The molecule has 0 fully saturated rings. The van der Waals surface area contributed by atoms with Gasteiger partial charge in [-0.2, -0.15) is 0 Å². The molecule has 3 aromatic rings. The molecule has 3 rings (SSSR count). The van der Waals surface area contributed by atoms with E-state index < -0.39 is 0 Å². The lowest BCUT2D eigenvalue weighted by atomic mass is 10.0. The maximum Gasteiger partial charge on any atom is 0.254 e. The maximum absolute atomic E-state index is 11.9. The van der Waals surface area contributed by atoms with Gasteiger partial charge in [-0.05, 0) is 41.0 Å². The average molecular weight is 278 g/mol. The fourth-order valence-electron chi connectivity index (χ4n) is 2.08. The number of hydrogen-bond acceptors (Lipinski definition) is 3. The smallest absolute Gasteiger partial charge is 0.254 e. The van der Waals surface area contributed by atoms with Crippen LogP contribution in [0.2, 0.25) is 0 Å². The highest BCUT2D eigenvalue weighted by Crippen LogP contribution is 2.19. The molecule has 2 aromatic heterocycles. The lowest BCUT2D eigenvalue weighted by Crippen LogP contribution is -2.22. The molecule has 0 saturated heterocycles. The molecule has 2 heterocycles. The number of benzene rings is 1. The molecule has 21 heavy (non-hydrogen) atoms. The Balaban J connectivity index is 1.71. The van der Waals surface area contributed by atoms with Gasteiger partial charge in [-0.3, -0.25) is 9.78 Å². The molecule has 0 saturated carbocycles. The van der Waals surface area contributed by atoms with Crippen molar-refractivity contribution in [2.75, 3.05) is 0 Å². The Morgan fingerprint density at radius 1 is 1.10 bits per heavy atom. The van der Waals surface area contributed by atoms with Crippen molar-refractivity contribution in [1.82, 2.24) is 10.3 Å². The third-order valence-electron chi connectivity index (χ3n) is 3.18. The molecule has 1 aromatic carbocycles. The van der Waals surface area contributed by atoms with Crippen molar-refractivity contribution in [2.45, 2.75) is 6.54 Å². The van der Waals surface area contributed by atoms with Gasteiger partial charge in [-0.15, -0.1) is 0 Å². The molecule has 4 nitrogen and oxygen atoms in total. The molecule has 0 bridgehead atoms. The molecule has 4 heteroatoms. The Morgan fingerprint density at radius 2 is 1.95 bits per heavy atom. The van der Waals surface area contributed by atoms with Gasteiger partial charge in [0.15, 0.2) is 0 Å². The molecule has 0 spiro atoms. The van der Waals surface area contributed by atoms with Gasteiger partial charge in [0.1, 0.15) is 6.26 Å². The highest BCUT2D eigenvalue weighted by atomic mass is 16.3.